The Morgan fingerprint density at radius 2 is 1.35 bits per heavy atom. The quantitative estimate of drug-likeness (QED) is 0.113. The second kappa shape index (κ2) is 20.4. The molecule has 0 radical (unpaired) electrons. The summed E-state index contributed by atoms with van der Waals surface area (Å²) in [7, 11) is 0. The molecule has 71 heavy (non-hydrogen) atoms. The molecule has 406 valence electrons. The van der Waals surface area contributed by atoms with E-state index in [1.165, 1.54) is 12.5 Å². The minimum Gasteiger partial charge on any atom is -0.394 e. The first kappa shape index (κ1) is 53.3. The SMILES string of the molecule is C[C@@H]1CC[C@]2(OC1)O[C@@H]1C[C@@H]3[C@H]4CC=C5C[C@@H](O[C@H]6O[C@@H](CO)[C@H](O)[C@@H](O)[C@@H]6O[C@H]6O[C@@H](C)[C@H](O)[C@@H](O[C@H]7O[C@@H](CO[C@H]8OC[C@H](O)[C@@H](O)[C@@H]8O)[C@H](O)[C@@H](O)[C@@H]7O)[C@@H]6O)CC[C@]5(C)[C@@H]4CC[C@@]3(C)[C@@H]1[C@H]2C. The standard InChI is InChI=1S/C50H80O21/c1-20-8-13-50(64-17-20)21(2)32-29(71-50)15-27-25-7-6-23-14-24(9-11-48(23,4)26(25)10-12-49(27,32)5)66-47-43(38(58)35(55)30(16-51)67-47)70-46-41(61)42(33(53)22(3)65-46)69-45-40(60)37(57)36(56)31(68-45)19-63-44-39(59)34(54)28(52)18-62-44/h6,20-22,24-47,51-61H,7-19H2,1-5H3/t20-,21-,22+,24+,25+,26-,27-,28+,29-,30+,31+,32-,33+,34-,35+,36+,37-,38-,39+,40+,41+,42-,43+,44-,45-,46-,47+,48+,49-,50+/m1/s1. The second-order valence-electron chi connectivity index (χ2n) is 23.5. The lowest BCUT2D eigenvalue weighted by molar-refractivity contribution is -0.387. The zero-order valence-corrected chi connectivity index (χ0v) is 41.4. The number of allylic oxidation sites excluding steroid dienone is 1. The first-order valence-corrected chi connectivity index (χ1v) is 26.3. The van der Waals surface area contributed by atoms with Crippen molar-refractivity contribution >= 4 is 0 Å². The van der Waals surface area contributed by atoms with Crippen LogP contribution in [0.3, 0.4) is 0 Å². The highest BCUT2D eigenvalue weighted by Gasteiger charge is 2.69. The van der Waals surface area contributed by atoms with Gasteiger partial charge in [-0.2, -0.15) is 0 Å². The van der Waals surface area contributed by atoms with Crippen LogP contribution in [0.2, 0.25) is 0 Å². The minimum absolute atomic E-state index is 0.0477. The number of fused-ring (bicyclic) bond motifs is 7. The van der Waals surface area contributed by atoms with E-state index in [1.807, 2.05) is 0 Å². The Morgan fingerprint density at radius 3 is 2.08 bits per heavy atom. The zero-order valence-electron chi connectivity index (χ0n) is 41.4. The molecule has 21 heteroatoms. The summed E-state index contributed by atoms with van der Waals surface area (Å²) < 4.78 is 60.8. The topological polar surface area (TPSA) is 315 Å². The van der Waals surface area contributed by atoms with Gasteiger partial charge in [0.15, 0.2) is 30.9 Å². The third-order valence-corrected chi connectivity index (χ3v) is 19.4. The van der Waals surface area contributed by atoms with Gasteiger partial charge in [-0.15, -0.1) is 0 Å². The summed E-state index contributed by atoms with van der Waals surface area (Å²) in [6.45, 7) is 10.2. The van der Waals surface area contributed by atoms with E-state index in [-0.39, 0.29) is 23.5 Å². The number of aliphatic hydroxyl groups excluding tert-OH is 11. The number of hydrogen-bond donors (Lipinski definition) is 11. The average molecular weight is 1020 g/mol. The van der Waals surface area contributed by atoms with Crippen molar-refractivity contribution in [2.24, 2.45) is 46.3 Å². The molecule has 10 rings (SSSR count). The Bertz CT molecular complexity index is 1870. The van der Waals surface area contributed by atoms with Crippen molar-refractivity contribution in [3.8, 4) is 0 Å². The smallest absolute Gasteiger partial charge is 0.187 e. The van der Waals surface area contributed by atoms with Gasteiger partial charge in [0.1, 0.15) is 85.5 Å². The molecule has 10 aliphatic rings. The fraction of sp³-hybridized carbons (Fsp3) is 0.960. The Kier molecular flexibility index (Phi) is 15.3. The lowest BCUT2D eigenvalue weighted by Crippen LogP contribution is -2.66. The van der Waals surface area contributed by atoms with Crippen LogP contribution in [0.25, 0.3) is 0 Å². The van der Waals surface area contributed by atoms with Gasteiger partial charge in [0.25, 0.3) is 0 Å². The molecular weight excluding hydrogens is 937 g/mol. The van der Waals surface area contributed by atoms with Gasteiger partial charge < -0.3 is 104 Å². The van der Waals surface area contributed by atoms with E-state index in [4.69, 9.17) is 47.4 Å². The van der Waals surface area contributed by atoms with Crippen LogP contribution in [0.1, 0.15) is 92.4 Å². The van der Waals surface area contributed by atoms with E-state index in [1.54, 1.807) is 0 Å². The lowest BCUT2D eigenvalue weighted by atomic mass is 9.47. The third kappa shape index (κ3) is 9.22. The van der Waals surface area contributed by atoms with Gasteiger partial charge in [0, 0.05) is 12.3 Å². The average Bonchev–Trinajstić information content (AvgIpc) is 3.80. The van der Waals surface area contributed by atoms with Crippen molar-refractivity contribution in [2.45, 2.75) is 227 Å². The molecule has 6 saturated heterocycles. The van der Waals surface area contributed by atoms with Crippen molar-refractivity contribution in [1.82, 2.24) is 0 Å². The Labute approximate surface area is 414 Å². The molecule has 0 aromatic carbocycles. The Morgan fingerprint density at radius 1 is 0.648 bits per heavy atom. The monoisotopic (exact) mass is 1020 g/mol. The number of ether oxygens (including phenoxy) is 10. The van der Waals surface area contributed by atoms with E-state index < -0.39 is 142 Å². The van der Waals surface area contributed by atoms with Crippen molar-refractivity contribution in [1.29, 1.82) is 0 Å². The van der Waals surface area contributed by atoms with Gasteiger partial charge in [-0.05, 0) is 98.7 Å². The molecule has 6 aliphatic heterocycles. The maximum Gasteiger partial charge on any atom is 0.187 e. The largest absolute Gasteiger partial charge is 0.394 e. The molecule has 0 aromatic rings. The molecule has 0 amide bonds. The molecule has 4 aliphatic carbocycles. The van der Waals surface area contributed by atoms with Crippen LogP contribution in [0.5, 0.6) is 0 Å². The highest BCUT2D eigenvalue weighted by Crippen LogP contribution is 2.70. The molecular formula is C50H80O21. The summed E-state index contributed by atoms with van der Waals surface area (Å²) in [5.41, 5.74) is 1.45. The molecule has 11 N–H and O–H groups in total. The van der Waals surface area contributed by atoms with E-state index in [0.717, 1.165) is 51.6 Å². The maximum absolute atomic E-state index is 11.7. The predicted octanol–water partition coefficient (Wildman–Crippen LogP) is -1.32. The van der Waals surface area contributed by atoms with Gasteiger partial charge in [0.05, 0.1) is 44.7 Å². The highest BCUT2D eigenvalue weighted by atomic mass is 16.8. The second-order valence-corrected chi connectivity index (χ2v) is 23.5. The number of rotatable bonds is 10. The van der Waals surface area contributed by atoms with Crippen LogP contribution < -0.4 is 0 Å². The summed E-state index contributed by atoms with van der Waals surface area (Å²) in [6.07, 6.45) is -19.5. The molecule has 9 fully saturated rings. The minimum atomic E-state index is -1.92. The van der Waals surface area contributed by atoms with E-state index >= 15 is 0 Å². The van der Waals surface area contributed by atoms with Crippen molar-refractivity contribution in [2.75, 3.05) is 26.4 Å². The number of aliphatic hydroxyl groups is 11. The summed E-state index contributed by atoms with van der Waals surface area (Å²) in [5, 5.41) is 118. The summed E-state index contributed by atoms with van der Waals surface area (Å²) in [4.78, 5) is 0. The van der Waals surface area contributed by atoms with Crippen LogP contribution in [0.15, 0.2) is 11.6 Å². The fourth-order valence-electron chi connectivity index (χ4n) is 15.1. The molecule has 6 heterocycles. The maximum atomic E-state index is 11.7. The van der Waals surface area contributed by atoms with E-state index in [0.29, 0.717) is 48.3 Å². The van der Waals surface area contributed by atoms with Gasteiger partial charge in [-0.1, -0.05) is 39.3 Å². The van der Waals surface area contributed by atoms with E-state index in [2.05, 4.69) is 33.8 Å². The molecule has 0 bridgehead atoms. The van der Waals surface area contributed by atoms with Crippen LogP contribution in [0, 0.1) is 46.3 Å². The highest BCUT2D eigenvalue weighted by molar-refractivity contribution is 5.26. The van der Waals surface area contributed by atoms with Crippen LogP contribution in [-0.2, 0) is 47.4 Å². The first-order valence-electron chi connectivity index (χ1n) is 26.3. The summed E-state index contributed by atoms with van der Waals surface area (Å²) >= 11 is 0. The van der Waals surface area contributed by atoms with Crippen LogP contribution in [0.4, 0.5) is 0 Å². The van der Waals surface area contributed by atoms with Crippen molar-refractivity contribution in [3.63, 3.8) is 0 Å². The van der Waals surface area contributed by atoms with Crippen LogP contribution >= 0.6 is 0 Å². The lowest BCUT2D eigenvalue weighted by Gasteiger charge is -2.58. The van der Waals surface area contributed by atoms with Gasteiger partial charge in [-0.25, -0.2) is 0 Å². The van der Waals surface area contributed by atoms with Crippen molar-refractivity contribution < 1.29 is 104 Å². The molecule has 0 aromatic heterocycles. The van der Waals surface area contributed by atoms with E-state index in [9.17, 15) is 56.2 Å². The van der Waals surface area contributed by atoms with Crippen LogP contribution in [-0.4, -0.2) is 217 Å². The molecule has 3 saturated carbocycles. The van der Waals surface area contributed by atoms with Crippen molar-refractivity contribution in [3.05, 3.63) is 11.6 Å². The molecule has 21 nitrogen and oxygen atoms in total. The van der Waals surface area contributed by atoms with Gasteiger partial charge in [0.2, 0.25) is 0 Å². The Balaban J connectivity index is 0.799. The number of hydrogen-bond acceptors (Lipinski definition) is 21. The molecule has 1 spiro atoms. The molecule has 0 unspecified atom stereocenters. The van der Waals surface area contributed by atoms with Gasteiger partial charge >= 0.3 is 0 Å². The Hall–Kier alpha value is -1.10. The summed E-state index contributed by atoms with van der Waals surface area (Å²) in [6, 6.07) is 0. The summed E-state index contributed by atoms with van der Waals surface area (Å²) in [5.74, 6) is 2.48. The molecule has 30 atom stereocenters. The predicted molar refractivity (Wildman–Crippen MR) is 241 cm³/mol. The zero-order chi connectivity index (χ0) is 50.6. The first-order chi connectivity index (χ1) is 33.7. The fourth-order valence-corrected chi connectivity index (χ4v) is 15.1. The third-order valence-electron chi connectivity index (χ3n) is 19.4. The van der Waals surface area contributed by atoms with Gasteiger partial charge in [-0.3, -0.25) is 0 Å². The normalized spacial score (nSPS) is 57.4.